The molecule has 0 atom stereocenters. The molecule has 0 aliphatic rings. The lowest BCUT2D eigenvalue weighted by molar-refractivity contribution is -0.384. The van der Waals surface area contributed by atoms with Crippen LogP contribution in [0, 0.1) is 10.1 Å². The number of benzene rings is 2. The molecule has 0 aliphatic carbocycles. The summed E-state index contributed by atoms with van der Waals surface area (Å²) in [4.78, 5) is 20.2. The average molecular weight is 379 g/mol. The molecule has 4 rings (SSSR count). The molecule has 0 aliphatic heterocycles. The Morgan fingerprint density at radius 1 is 1.04 bits per heavy atom. The molecule has 0 fully saturated rings. The molecule has 5 nitrogen and oxygen atoms in total. The highest BCUT2D eigenvalue weighted by Crippen LogP contribution is 2.38. The summed E-state index contributed by atoms with van der Waals surface area (Å²) >= 11 is 3.23. The molecule has 0 N–H and O–H groups in total. The monoisotopic (exact) mass is 379 g/mol. The summed E-state index contributed by atoms with van der Waals surface area (Å²) in [5, 5.41) is 14.9. The minimum atomic E-state index is -0.387. The van der Waals surface area contributed by atoms with Crippen LogP contribution < -0.4 is 0 Å². The van der Waals surface area contributed by atoms with Crippen LogP contribution in [0.2, 0.25) is 0 Å². The highest BCUT2D eigenvalue weighted by molar-refractivity contribution is 7.98. The molecule has 7 heteroatoms. The molecule has 0 radical (unpaired) electrons. The number of thioether (sulfide) groups is 1. The zero-order valence-electron chi connectivity index (χ0n) is 13.5. The number of hydrogen-bond donors (Lipinski definition) is 0. The first-order valence-electron chi connectivity index (χ1n) is 7.86. The average Bonchev–Trinajstić information content (AvgIpc) is 3.12. The van der Waals surface area contributed by atoms with E-state index in [4.69, 9.17) is 0 Å². The Morgan fingerprint density at radius 3 is 2.54 bits per heavy atom. The topological polar surface area (TPSA) is 68.9 Å². The number of rotatable bonds is 5. The maximum absolute atomic E-state index is 10.8. The second-order valence-corrected chi connectivity index (χ2v) is 7.41. The molecular weight excluding hydrogens is 366 g/mol. The van der Waals surface area contributed by atoms with E-state index < -0.39 is 0 Å². The number of nitro groups is 1. The molecule has 0 amide bonds. The summed E-state index contributed by atoms with van der Waals surface area (Å²) in [6, 6.07) is 16.8. The van der Waals surface area contributed by atoms with Crippen molar-refractivity contribution in [3.63, 3.8) is 0 Å². The number of nitro benzene ring substituents is 1. The standard InChI is InChI=1S/C19H13N3O2S2/c23-22(24)15-8-6-13(7-9-15)10-25-18-17-16(14-4-2-1-3-5-14)11-26-19(17)21-12-20-18/h1-9,11-12H,10H2. The summed E-state index contributed by atoms with van der Waals surface area (Å²) in [5.41, 5.74) is 3.40. The molecule has 0 bridgehead atoms. The largest absolute Gasteiger partial charge is 0.269 e. The van der Waals surface area contributed by atoms with Gasteiger partial charge in [0.1, 0.15) is 16.2 Å². The van der Waals surface area contributed by atoms with Crippen LogP contribution in [-0.4, -0.2) is 14.9 Å². The molecule has 2 aromatic carbocycles. The van der Waals surface area contributed by atoms with E-state index in [0.29, 0.717) is 5.75 Å². The summed E-state index contributed by atoms with van der Waals surface area (Å²) in [7, 11) is 0. The number of nitrogens with zero attached hydrogens (tertiary/aromatic N) is 3. The van der Waals surface area contributed by atoms with Gasteiger partial charge in [-0.25, -0.2) is 9.97 Å². The minimum Gasteiger partial charge on any atom is -0.258 e. The lowest BCUT2D eigenvalue weighted by atomic mass is 10.1. The number of aromatic nitrogens is 2. The predicted molar refractivity (Wildman–Crippen MR) is 106 cm³/mol. The fourth-order valence-electron chi connectivity index (χ4n) is 2.65. The van der Waals surface area contributed by atoms with Gasteiger partial charge in [-0.15, -0.1) is 23.1 Å². The Labute approximate surface area is 157 Å². The number of non-ortho nitro benzene ring substituents is 1. The lowest BCUT2D eigenvalue weighted by Crippen LogP contribution is -1.89. The molecule has 2 heterocycles. The highest BCUT2D eigenvalue weighted by Gasteiger charge is 2.13. The Morgan fingerprint density at radius 2 is 1.81 bits per heavy atom. The Bertz CT molecular complexity index is 1060. The highest BCUT2D eigenvalue weighted by atomic mass is 32.2. The molecule has 26 heavy (non-hydrogen) atoms. The zero-order chi connectivity index (χ0) is 17.9. The predicted octanol–water partition coefficient (Wildman–Crippen LogP) is 5.56. The Hall–Kier alpha value is -2.77. The van der Waals surface area contributed by atoms with Gasteiger partial charge in [-0.1, -0.05) is 42.5 Å². The van der Waals surface area contributed by atoms with Crippen LogP contribution in [-0.2, 0) is 5.75 Å². The van der Waals surface area contributed by atoms with Crippen LogP contribution >= 0.6 is 23.1 Å². The van der Waals surface area contributed by atoms with E-state index in [0.717, 1.165) is 31.9 Å². The fraction of sp³-hybridized carbons (Fsp3) is 0.0526. The van der Waals surface area contributed by atoms with Gasteiger partial charge in [0, 0.05) is 28.8 Å². The third kappa shape index (κ3) is 3.31. The van der Waals surface area contributed by atoms with E-state index in [1.54, 1.807) is 41.6 Å². The molecule has 128 valence electrons. The third-order valence-electron chi connectivity index (χ3n) is 3.94. The van der Waals surface area contributed by atoms with Crippen LogP contribution in [0.25, 0.3) is 21.3 Å². The molecule has 0 saturated heterocycles. The number of hydrogen-bond acceptors (Lipinski definition) is 6. The van der Waals surface area contributed by atoms with Gasteiger partial charge in [0.15, 0.2) is 0 Å². The summed E-state index contributed by atoms with van der Waals surface area (Å²) in [6.07, 6.45) is 1.59. The van der Waals surface area contributed by atoms with E-state index in [-0.39, 0.29) is 10.6 Å². The molecular formula is C19H13N3O2S2. The molecule has 0 saturated carbocycles. The van der Waals surface area contributed by atoms with E-state index in [1.165, 1.54) is 12.1 Å². The number of fused-ring (bicyclic) bond motifs is 1. The van der Waals surface area contributed by atoms with Gasteiger partial charge in [-0.05, 0) is 11.1 Å². The SMILES string of the molecule is O=[N+]([O-])c1ccc(CSc2ncnc3scc(-c4ccccc4)c23)cc1. The van der Waals surface area contributed by atoms with Crippen LogP contribution in [0.3, 0.4) is 0 Å². The van der Waals surface area contributed by atoms with E-state index in [1.807, 2.05) is 18.2 Å². The van der Waals surface area contributed by atoms with Crippen molar-refractivity contribution in [3.05, 3.63) is 82.0 Å². The lowest BCUT2D eigenvalue weighted by Gasteiger charge is -2.05. The summed E-state index contributed by atoms with van der Waals surface area (Å²) in [6.45, 7) is 0. The fourth-order valence-corrected chi connectivity index (χ4v) is 4.60. The summed E-state index contributed by atoms with van der Waals surface area (Å²) < 4.78 is 0. The van der Waals surface area contributed by atoms with Crippen LogP contribution in [0.5, 0.6) is 0 Å². The van der Waals surface area contributed by atoms with Crippen molar-refractivity contribution in [2.45, 2.75) is 10.8 Å². The zero-order valence-corrected chi connectivity index (χ0v) is 15.2. The maximum atomic E-state index is 10.8. The van der Waals surface area contributed by atoms with E-state index in [9.17, 15) is 10.1 Å². The van der Waals surface area contributed by atoms with Gasteiger partial charge in [0.25, 0.3) is 5.69 Å². The van der Waals surface area contributed by atoms with Crippen LogP contribution in [0.15, 0.2) is 71.3 Å². The van der Waals surface area contributed by atoms with Gasteiger partial charge >= 0.3 is 0 Å². The molecule has 2 aromatic heterocycles. The first kappa shape index (κ1) is 16.7. The minimum absolute atomic E-state index is 0.104. The Kier molecular flexibility index (Phi) is 4.64. The normalized spacial score (nSPS) is 10.9. The van der Waals surface area contributed by atoms with Crippen LogP contribution in [0.1, 0.15) is 5.56 Å². The van der Waals surface area contributed by atoms with Crippen molar-refractivity contribution in [2.75, 3.05) is 0 Å². The van der Waals surface area contributed by atoms with Crippen molar-refractivity contribution >= 4 is 39.0 Å². The van der Waals surface area contributed by atoms with E-state index >= 15 is 0 Å². The first-order chi connectivity index (χ1) is 12.7. The maximum Gasteiger partial charge on any atom is 0.269 e. The van der Waals surface area contributed by atoms with Crippen molar-refractivity contribution in [1.82, 2.24) is 9.97 Å². The van der Waals surface area contributed by atoms with Crippen LogP contribution in [0.4, 0.5) is 5.69 Å². The molecule has 4 aromatic rings. The van der Waals surface area contributed by atoms with Crippen molar-refractivity contribution in [3.8, 4) is 11.1 Å². The number of thiophene rings is 1. The van der Waals surface area contributed by atoms with Gasteiger partial charge in [0.2, 0.25) is 0 Å². The third-order valence-corrected chi connectivity index (χ3v) is 5.89. The van der Waals surface area contributed by atoms with Gasteiger partial charge in [-0.2, -0.15) is 0 Å². The first-order valence-corrected chi connectivity index (χ1v) is 9.72. The second-order valence-electron chi connectivity index (χ2n) is 5.59. The quantitative estimate of drug-likeness (QED) is 0.196. The van der Waals surface area contributed by atoms with Crippen molar-refractivity contribution < 1.29 is 4.92 Å². The second kappa shape index (κ2) is 7.23. The van der Waals surface area contributed by atoms with Gasteiger partial charge in [-0.3, -0.25) is 10.1 Å². The Balaban J connectivity index is 1.64. The smallest absolute Gasteiger partial charge is 0.258 e. The molecule has 0 spiro atoms. The van der Waals surface area contributed by atoms with Gasteiger partial charge in [0.05, 0.1) is 10.3 Å². The van der Waals surface area contributed by atoms with Crippen molar-refractivity contribution in [2.24, 2.45) is 0 Å². The summed E-state index contributed by atoms with van der Waals surface area (Å²) in [5.74, 6) is 0.689. The van der Waals surface area contributed by atoms with E-state index in [2.05, 4.69) is 27.5 Å². The van der Waals surface area contributed by atoms with Gasteiger partial charge < -0.3 is 0 Å². The molecule has 0 unspecified atom stereocenters. The van der Waals surface area contributed by atoms with Crippen molar-refractivity contribution in [1.29, 1.82) is 0 Å².